The second kappa shape index (κ2) is 9.52. The number of imidazole rings is 1. The van der Waals surface area contributed by atoms with E-state index in [1.54, 1.807) is 11.4 Å². The molecule has 6 rings (SSSR count). The summed E-state index contributed by atoms with van der Waals surface area (Å²) in [7, 11) is -1.46. The number of hydrogen-bond acceptors (Lipinski definition) is 9. The number of hydrogen-bond donors (Lipinski definition) is 0. The Morgan fingerprint density at radius 1 is 1.15 bits per heavy atom. The molecule has 0 radical (unpaired) electrons. The number of aryl methyl sites for hydroxylation is 1. The number of aromatic nitrogens is 7. The van der Waals surface area contributed by atoms with E-state index in [0.717, 1.165) is 29.7 Å². The fourth-order valence-electron chi connectivity index (χ4n) is 4.08. The lowest BCUT2D eigenvalue weighted by Gasteiger charge is -2.13. The third-order valence-corrected chi connectivity index (χ3v) is 6.94. The first-order valence-electron chi connectivity index (χ1n) is 13.0. The molecule has 1 fully saturated rings. The van der Waals surface area contributed by atoms with Crippen molar-refractivity contribution in [1.29, 1.82) is 0 Å². The third kappa shape index (κ3) is 4.75. The Hall–Kier alpha value is -4.20. The Kier molecular flexibility index (Phi) is 5.30. The van der Waals surface area contributed by atoms with Crippen molar-refractivity contribution in [2.45, 2.75) is 31.5 Å². The molecule has 1 aliphatic carbocycles. The molecule has 5 aromatic heterocycles. The molecule has 0 saturated heterocycles. The van der Waals surface area contributed by atoms with E-state index in [-0.39, 0.29) is 52.8 Å². The quantitative estimate of drug-likeness (QED) is 0.238. The SMILES string of the molecule is [2H]C([2H])([2H])Oc1ncnc(C2CC2)c1-c1nc(OCc2cnc(-c3nc(C(F)(F)F)cn3C)c(F)c2)c2sccc2n1. The Morgan fingerprint density at radius 3 is 2.72 bits per heavy atom. The van der Waals surface area contributed by atoms with Crippen LogP contribution in [-0.2, 0) is 19.8 Å². The van der Waals surface area contributed by atoms with Crippen molar-refractivity contribution >= 4 is 21.6 Å². The second-order valence-corrected chi connectivity index (χ2v) is 9.74. The molecular formula is C25H19F4N7O2S. The number of pyridine rings is 1. The van der Waals surface area contributed by atoms with Crippen LogP contribution in [-0.4, -0.2) is 41.5 Å². The van der Waals surface area contributed by atoms with E-state index in [2.05, 4.69) is 29.9 Å². The molecule has 39 heavy (non-hydrogen) atoms. The molecule has 9 nitrogen and oxygen atoms in total. The molecular weight excluding hydrogens is 538 g/mol. The van der Waals surface area contributed by atoms with Gasteiger partial charge in [-0.3, -0.25) is 0 Å². The first-order valence-corrected chi connectivity index (χ1v) is 12.4. The molecule has 0 N–H and O–H groups in total. The smallest absolute Gasteiger partial charge is 0.434 e. The molecule has 14 heteroatoms. The van der Waals surface area contributed by atoms with E-state index >= 15 is 0 Å². The van der Waals surface area contributed by atoms with Gasteiger partial charge in [-0.25, -0.2) is 29.3 Å². The molecule has 5 heterocycles. The van der Waals surface area contributed by atoms with E-state index in [1.165, 1.54) is 30.9 Å². The lowest BCUT2D eigenvalue weighted by atomic mass is 10.1. The van der Waals surface area contributed by atoms with Gasteiger partial charge in [-0.1, -0.05) is 0 Å². The monoisotopic (exact) mass is 560 g/mol. The van der Waals surface area contributed by atoms with Gasteiger partial charge in [-0.05, 0) is 30.4 Å². The minimum atomic E-state index is -4.69. The number of halogens is 4. The molecule has 0 unspecified atom stereocenters. The highest BCUT2D eigenvalue weighted by Crippen LogP contribution is 2.45. The summed E-state index contributed by atoms with van der Waals surface area (Å²) < 4.78 is 89.6. The molecule has 0 bridgehead atoms. The Bertz CT molecular complexity index is 1810. The van der Waals surface area contributed by atoms with Crippen LogP contribution in [0.4, 0.5) is 17.6 Å². The standard InChI is InChI=1S/C25H19F4N7O2S/c1-36-9-16(25(27,28)29)34-22(36)19-14(26)7-12(8-30-19)10-38-24-20-15(5-6-39-20)33-21(35-24)17-18(13-3-4-13)31-11-32-23(17)37-2/h5-9,11,13H,3-4,10H2,1-2H3/i2D3. The lowest BCUT2D eigenvalue weighted by molar-refractivity contribution is -0.140. The van der Waals surface area contributed by atoms with E-state index in [0.29, 0.717) is 15.9 Å². The Labute approximate surface area is 226 Å². The highest BCUT2D eigenvalue weighted by atomic mass is 32.1. The van der Waals surface area contributed by atoms with Crippen LogP contribution >= 0.6 is 11.3 Å². The van der Waals surface area contributed by atoms with E-state index < -0.39 is 24.7 Å². The Balaban J connectivity index is 1.32. The highest BCUT2D eigenvalue weighted by molar-refractivity contribution is 7.17. The van der Waals surface area contributed by atoms with Crippen LogP contribution in [0.5, 0.6) is 11.8 Å². The van der Waals surface area contributed by atoms with Crippen molar-refractivity contribution in [2.24, 2.45) is 7.05 Å². The van der Waals surface area contributed by atoms with Gasteiger partial charge in [0.05, 0.1) is 22.4 Å². The first-order chi connectivity index (χ1) is 19.9. The molecule has 1 aliphatic rings. The third-order valence-electron chi connectivity index (χ3n) is 6.05. The first kappa shape index (κ1) is 21.7. The fraction of sp³-hybridized carbons (Fsp3) is 0.280. The maximum Gasteiger partial charge on any atom is 0.434 e. The summed E-state index contributed by atoms with van der Waals surface area (Å²) in [5.41, 5.74) is 0.100. The number of alkyl halides is 3. The average molecular weight is 561 g/mol. The molecule has 200 valence electrons. The van der Waals surface area contributed by atoms with Gasteiger partial charge < -0.3 is 14.0 Å². The summed E-state index contributed by atoms with van der Waals surface area (Å²) in [5.74, 6) is -1.03. The second-order valence-electron chi connectivity index (χ2n) is 8.82. The maximum absolute atomic E-state index is 15.0. The van der Waals surface area contributed by atoms with Gasteiger partial charge in [0.1, 0.15) is 28.9 Å². The molecule has 0 aromatic carbocycles. The van der Waals surface area contributed by atoms with Crippen LogP contribution in [0.3, 0.4) is 0 Å². The average Bonchev–Trinajstić information content (AvgIpc) is 3.51. The fourth-order valence-corrected chi connectivity index (χ4v) is 4.85. The molecule has 1 saturated carbocycles. The van der Waals surface area contributed by atoms with Crippen LogP contribution in [0, 0.1) is 5.82 Å². The van der Waals surface area contributed by atoms with Crippen molar-refractivity contribution < 1.29 is 31.1 Å². The van der Waals surface area contributed by atoms with E-state index in [4.69, 9.17) is 13.6 Å². The van der Waals surface area contributed by atoms with Crippen molar-refractivity contribution in [3.63, 3.8) is 0 Å². The van der Waals surface area contributed by atoms with Crippen molar-refractivity contribution in [2.75, 3.05) is 7.04 Å². The topological polar surface area (TPSA) is 101 Å². The number of methoxy groups -OCH3 is 1. The summed E-state index contributed by atoms with van der Waals surface area (Å²) in [4.78, 5) is 25.0. The van der Waals surface area contributed by atoms with E-state index in [9.17, 15) is 17.6 Å². The van der Waals surface area contributed by atoms with Crippen LogP contribution in [0.15, 0.2) is 36.2 Å². The van der Waals surface area contributed by atoms with Gasteiger partial charge in [0.2, 0.25) is 11.8 Å². The number of thiophene rings is 1. The summed E-state index contributed by atoms with van der Waals surface area (Å²) >= 11 is 1.30. The van der Waals surface area contributed by atoms with Gasteiger partial charge >= 0.3 is 6.18 Å². The van der Waals surface area contributed by atoms with Gasteiger partial charge in [0.25, 0.3) is 0 Å². The zero-order valence-corrected chi connectivity index (χ0v) is 20.8. The summed E-state index contributed by atoms with van der Waals surface area (Å²) in [5, 5.41) is 1.78. The zero-order valence-electron chi connectivity index (χ0n) is 23.0. The normalized spacial score (nSPS) is 15.2. The van der Waals surface area contributed by atoms with Crippen LogP contribution in [0.25, 0.3) is 33.1 Å². The highest BCUT2D eigenvalue weighted by Gasteiger charge is 2.35. The molecule has 0 spiro atoms. The number of rotatable bonds is 7. The van der Waals surface area contributed by atoms with Gasteiger partial charge in [-0.15, -0.1) is 11.3 Å². The summed E-state index contributed by atoms with van der Waals surface area (Å²) in [6, 6.07) is 2.83. The van der Waals surface area contributed by atoms with Crippen molar-refractivity contribution in [1.82, 2.24) is 34.5 Å². The molecule has 0 atom stereocenters. The van der Waals surface area contributed by atoms with E-state index in [1.807, 2.05) is 0 Å². The van der Waals surface area contributed by atoms with Crippen molar-refractivity contribution in [3.8, 4) is 34.7 Å². The van der Waals surface area contributed by atoms with Gasteiger partial charge in [0.15, 0.2) is 23.2 Å². The summed E-state index contributed by atoms with van der Waals surface area (Å²) in [6.45, 7) is -0.193. The minimum absolute atomic E-state index is 0.0755. The van der Waals surface area contributed by atoms with Crippen molar-refractivity contribution in [3.05, 3.63) is 59.0 Å². The van der Waals surface area contributed by atoms with Crippen LogP contribution in [0.1, 0.15) is 39.8 Å². The molecule has 5 aromatic rings. The Morgan fingerprint density at radius 2 is 2.00 bits per heavy atom. The predicted octanol–water partition coefficient (Wildman–Crippen LogP) is 5.57. The predicted molar refractivity (Wildman–Crippen MR) is 133 cm³/mol. The summed E-state index contributed by atoms with van der Waals surface area (Å²) in [6.07, 6.45) is 0.283. The number of fused-ring (bicyclic) bond motifs is 1. The molecule has 0 aliphatic heterocycles. The van der Waals surface area contributed by atoms with Crippen LogP contribution < -0.4 is 9.47 Å². The number of nitrogens with zero attached hydrogens (tertiary/aromatic N) is 7. The van der Waals surface area contributed by atoms with Gasteiger partial charge in [-0.2, -0.15) is 18.2 Å². The van der Waals surface area contributed by atoms with Gasteiger partial charge in [0, 0.05) is 30.9 Å². The minimum Gasteiger partial charge on any atom is -0.480 e. The van der Waals surface area contributed by atoms with Crippen LogP contribution in [0.2, 0.25) is 0 Å². The lowest BCUT2D eigenvalue weighted by Crippen LogP contribution is -2.05. The largest absolute Gasteiger partial charge is 0.480 e. The zero-order chi connectivity index (χ0) is 29.8. The molecule has 0 amide bonds. The maximum atomic E-state index is 15.0. The number of ether oxygens (including phenoxy) is 2.